The molecule has 0 aliphatic heterocycles. The summed E-state index contributed by atoms with van der Waals surface area (Å²) in [7, 11) is 0. The van der Waals surface area contributed by atoms with Crippen molar-refractivity contribution in [3.05, 3.63) is 34.4 Å². The average molecular weight is 515 g/mol. The monoisotopic (exact) mass is 514 g/mol. The van der Waals surface area contributed by atoms with E-state index in [-0.39, 0.29) is 40.1 Å². The van der Waals surface area contributed by atoms with Crippen LogP contribution in [0.15, 0.2) is 34.4 Å². The van der Waals surface area contributed by atoms with Gasteiger partial charge in [-0.1, -0.05) is 51.0 Å². The van der Waals surface area contributed by atoms with Crippen LogP contribution in [0, 0.1) is 34.0 Å². The minimum absolute atomic E-state index is 0.0209. The second kappa shape index (κ2) is 9.68. The number of aliphatic carboxylic acids is 1. The SMILES string of the molecule is CC(=O)O[C@H]1C[C@@]2(C)[C@@H](C[C@@H](O)[C@H]3[C@@]4(C)CC[C@@H](O)[C@@H](C)C4=CC[C@@]32C)/C1=C(\CCC=C(C)C)C(=O)O. The summed E-state index contributed by atoms with van der Waals surface area (Å²) < 4.78 is 5.86. The fourth-order valence-electron chi connectivity index (χ4n) is 9.10. The zero-order valence-electron chi connectivity index (χ0n) is 23.6. The van der Waals surface area contributed by atoms with Crippen LogP contribution in [0.25, 0.3) is 0 Å². The van der Waals surface area contributed by atoms with Crippen LogP contribution < -0.4 is 0 Å². The fourth-order valence-corrected chi connectivity index (χ4v) is 9.10. The summed E-state index contributed by atoms with van der Waals surface area (Å²) in [4.78, 5) is 24.8. The van der Waals surface area contributed by atoms with Gasteiger partial charge in [-0.25, -0.2) is 4.79 Å². The number of rotatable bonds is 5. The van der Waals surface area contributed by atoms with Crippen LogP contribution in [0.3, 0.4) is 0 Å². The van der Waals surface area contributed by atoms with Gasteiger partial charge in [0.25, 0.3) is 0 Å². The van der Waals surface area contributed by atoms with E-state index in [2.05, 4.69) is 33.8 Å². The number of aliphatic hydroxyl groups excluding tert-OH is 2. The highest BCUT2D eigenvalue weighted by molar-refractivity contribution is 5.88. The van der Waals surface area contributed by atoms with E-state index in [9.17, 15) is 24.9 Å². The van der Waals surface area contributed by atoms with Crippen molar-refractivity contribution in [1.29, 1.82) is 0 Å². The summed E-state index contributed by atoms with van der Waals surface area (Å²) in [6.07, 6.45) is 7.06. The molecule has 9 atom stereocenters. The van der Waals surface area contributed by atoms with Crippen molar-refractivity contribution >= 4 is 11.9 Å². The van der Waals surface area contributed by atoms with Crippen molar-refractivity contribution in [2.24, 2.45) is 34.0 Å². The third kappa shape index (κ3) is 4.32. The van der Waals surface area contributed by atoms with Gasteiger partial charge in [0.2, 0.25) is 0 Å². The molecule has 3 fully saturated rings. The lowest BCUT2D eigenvalue weighted by Gasteiger charge is -2.66. The molecule has 206 valence electrons. The quantitative estimate of drug-likeness (QED) is 0.251. The molecule has 0 saturated heterocycles. The molecule has 0 aromatic carbocycles. The number of fused-ring (bicyclic) bond motifs is 5. The van der Waals surface area contributed by atoms with Gasteiger partial charge < -0.3 is 20.1 Å². The van der Waals surface area contributed by atoms with E-state index < -0.39 is 24.1 Å². The second-order valence-electron chi connectivity index (χ2n) is 13.2. The zero-order chi connectivity index (χ0) is 27.5. The molecule has 0 spiro atoms. The highest BCUT2D eigenvalue weighted by atomic mass is 16.5. The minimum atomic E-state index is -0.965. The van der Waals surface area contributed by atoms with E-state index in [0.29, 0.717) is 43.3 Å². The van der Waals surface area contributed by atoms with Crippen molar-refractivity contribution < 1.29 is 29.6 Å². The third-order valence-corrected chi connectivity index (χ3v) is 10.9. The number of aliphatic hydroxyl groups is 2. The summed E-state index contributed by atoms with van der Waals surface area (Å²) in [6, 6.07) is 0. The Balaban J connectivity index is 1.85. The number of carbonyl (C=O) groups excluding carboxylic acids is 1. The number of carbonyl (C=O) groups is 2. The first-order valence-corrected chi connectivity index (χ1v) is 14.0. The average Bonchev–Trinajstić information content (AvgIpc) is 3.05. The molecule has 0 aromatic rings. The molecule has 4 rings (SSSR count). The van der Waals surface area contributed by atoms with E-state index in [1.54, 1.807) is 0 Å². The molecule has 0 aromatic heterocycles. The molecule has 37 heavy (non-hydrogen) atoms. The topological polar surface area (TPSA) is 104 Å². The Kier molecular flexibility index (Phi) is 7.35. The molecule has 3 saturated carbocycles. The third-order valence-electron chi connectivity index (χ3n) is 10.9. The summed E-state index contributed by atoms with van der Waals surface area (Å²) in [6.45, 7) is 14.2. The first-order chi connectivity index (χ1) is 17.2. The molecule has 4 aliphatic carbocycles. The van der Waals surface area contributed by atoms with Gasteiger partial charge in [-0.2, -0.15) is 0 Å². The molecule has 0 amide bonds. The van der Waals surface area contributed by atoms with Crippen molar-refractivity contribution in [2.75, 3.05) is 0 Å². The van der Waals surface area contributed by atoms with E-state index >= 15 is 0 Å². The predicted molar refractivity (Wildman–Crippen MR) is 143 cm³/mol. The van der Waals surface area contributed by atoms with E-state index in [1.165, 1.54) is 12.5 Å². The number of hydrogen-bond donors (Lipinski definition) is 3. The summed E-state index contributed by atoms with van der Waals surface area (Å²) in [5.41, 5.74) is 2.52. The van der Waals surface area contributed by atoms with Gasteiger partial charge in [0.15, 0.2) is 0 Å². The molecular formula is C31H46O6. The van der Waals surface area contributed by atoms with E-state index in [1.807, 2.05) is 19.9 Å². The number of allylic oxidation sites excluding steroid dienone is 3. The van der Waals surface area contributed by atoms with Crippen LogP contribution >= 0.6 is 0 Å². The predicted octanol–water partition coefficient (Wildman–Crippen LogP) is 5.59. The lowest BCUT2D eigenvalue weighted by Crippen LogP contribution is -2.62. The van der Waals surface area contributed by atoms with Crippen molar-refractivity contribution in [2.45, 2.75) is 112 Å². The lowest BCUT2D eigenvalue weighted by molar-refractivity contribution is -0.178. The standard InChI is InChI=1S/C31H46O6/c1-17(2)9-8-10-20(28(35)36)26-22-15-24(34)27-29(5)13-12-23(33)18(3)21(29)11-14-30(27,6)31(22,7)16-25(26)37-19(4)32/h9,11,18,22-25,27,33-34H,8,10,12-16H2,1-7H3,(H,35,36)/b26-20-/t18-,22-,23+,24+,25-,27-,29-,30-,31-/m0/s1. The Morgan fingerprint density at radius 2 is 1.78 bits per heavy atom. The molecule has 6 heteroatoms. The van der Waals surface area contributed by atoms with Crippen molar-refractivity contribution in [3.63, 3.8) is 0 Å². The summed E-state index contributed by atoms with van der Waals surface area (Å²) >= 11 is 0. The van der Waals surface area contributed by atoms with Gasteiger partial charge in [0.1, 0.15) is 6.10 Å². The molecule has 4 aliphatic rings. The smallest absolute Gasteiger partial charge is 0.331 e. The van der Waals surface area contributed by atoms with Crippen LogP contribution in [-0.2, 0) is 14.3 Å². The van der Waals surface area contributed by atoms with Gasteiger partial charge in [0.05, 0.1) is 12.2 Å². The number of ether oxygens (including phenoxy) is 1. The Bertz CT molecular complexity index is 1050. The molecule has 0 bridgehead atoms. The maximum Gasteiger partial charge on any atom is 0.331 e. The number of esters is 1. The van der Waals surface area contributed by atoms with Gasteiger partial charge in [-0.3, -0.25) is 4.79 Å². The molecule has 0 radical (unpaired) electrons. The molecular weight excluding hydrogens is 468 g/mol. The lowest BCUT2D eigenvalue weighted by atomic mass is 9.39. The number of carboxylic acids is 1. The van der Waals surface area contributed by atoms with Gasteiger partial charge >= 0.3 is 11.9 Å². The molecule has 3 N–H and O–H groups in total. The maximum atomic E-state index is 12.6. The van der Waals surface area contributed by atoms with E-state index in [0.717, 1.165) is 18.4 Å². The molecule has 6 nitrogen and oxygen atoms in total. The summed E-state index contributed by atoms with van der Waals surface area (Å²) in [5, 5.41) is 32.8. The van der Waals surface area contributed by atoms with Crippen LogP contribution in [0.1, 0.15) is 93.4 Å². The zero-order valence-corrected chi connectivity index (χ0v) is 23.6. The van der Waals surface area contributed by atoms with Crippen LogP contribution in [0.2, 0.25) is 0 Å². The fraction of sp³-hybridized carbons (Fsp3) is 0.742. The number of hydrogen-bond acceptors (Lipinski definition) is 5. The summed E-state index contributed by atoms with van der Waals surface area (Å²) in [5.74, 6) is -1.52. The first kappa shape index (κ1) is 28.1. The Morgan fingerprint density at radius 1 is 1.11 bits per heavy atom. The van der Waals surface area contributed by atoms with Crippen LogP contribution in [0.4, 0.5) is 0 Å². The number of carboxylic acid groups (broad SMARTS) is 1. The minimum Gasteiger partial charge on any atom is -0.478 e. The normalized spacial score (nSPS) is 44.1. The van der Waals surface area contributed by atoms with Crippen molar-refractivity contribution in [1.82, 2.24) is 0 Å². The Labute approximate surface area is 221 Å². The molecule has 0 heterocycles. The van der Waals surface area contributed by atoms with Crippen molar-refractivity contribution in [3.8, 4) is 0 Å². The van der Waals surface area contributed by atoms with E-state index in [4.69, 9.17) is 4.74 Å². The highest BCUT2D eigenvalue weighted by Crippen LogP contribution is 2.73. The Hall–Kier alpha value is -1.92. The Morgan fingerprint density at radius 3 is 2.38 bits per heavy atom. The van der Waals surface area contributed by atoms with Gasteiger partial charge in [0, 0.05) is 24.3 Å². The van der Waals surface area contributed by atoms with Gasteiger partial charge in [-0.15, -0.1) is 0 Å². The van der Waals surface area contributed by atoms with Gasteiger partial charge in [-0.05, 0) is 86.5 Å². The largest absolute Gasteiger partial charge is 0.478 e. The maximum absolute atomic E-state index is 12.6. The molecule has 0 unspecified atom stereocenters. The van der Waals surface area contributed by atoms with Crippen LogP contribution in [0.5, 0.6) is 0 Å². The highest BCUT2D eigenvalue weighted by Gasteiger charge is 2.69. The first-order valence-electron chi connectivity index (χ1n) is 14.0. The second-order valence-corrected chi connectivity index (χ2v) is 13.2. The van der Waals surface area contributed by atoms with Crippen LogP contribution in [-0.4, -0.2) is 45.6 Å².